The Morgan fingerprint density at radius 1 is 1.05 bits per heavy atom. The molecule has 3 amide bonds. The number of aliphatic hydroxyl groups excluding tert-OH is 1. The number of aliphatic hydroxyl groups is 1. The second kappa shape index (κ2) is 11.7. The predicted molar refractivity (Wildman–Crippen MR) is 163 cm³/mol. The molecule has 2 bridgehead atoms. The zero-order chi connectivity index (χ0) is 30.2. The first-order valence-corrected chi connectivity index (χ1v) is 14.9. The van der Waals surface area contributed by atoms with Crippen molar-refractivity contribution in [2.45, 2.75) is 56.4 Å². The maximum Gasteiger partial charge on any atom is 0.253 e. The summed E-state index contributed by atoms with van der Waals surface area (Å²) in [6.07, 6.45) is 4.78. The van der Waals surface area contributed by atoms with Gasteiger partial charge in [0.25, 0.3) is 5.91 Å². The van der Waals surface area contributed by atoms with E-state index in [0.29, 0.717) is 35.7 Å². The number of anilines is 2. The summed E-state index contributed by atoms with van der Waals surface area (Å²) in [6.45, 7) is 11.5. The Morgan fingerprint density at radius 3 is 2.21 bits per heavy atom. The minimum absolute atomic E-state index is 0.190. The van der Waals surface area contributed by atoms with E-state index < -0.39 is 35.1 Å². The molecule has 3 fully saturated rings. The number of fused-ring (bicyclic) bond motifs is 1. The third kappa shape index (κ3) is 4.57. The van der Waals surface area contributed by atoms with Crippen molar-refractivity contribution in [3.8, 4) is 0 Å². The highest BCUT2D eigenvalue weighted by atomic mass is 35.5. The second-order valence-electron chi connectivity index (χ2n) is 11.4. The monoisotopic (exact) mass is 591 g/mol. The lowest BCUT2D eigenvalue weighted by Gasteiger charge is -2.38. The van der Waals surface area contributed by atoms with E-state index in [1.54, 1.807) is 53.1 Å². The molecule has 5 rings (SSSR count). The van der Waals surface area contributed by atoms with Crippen LogP contribution in [-0.2, 0) is 19.1 Å². The number of carbonyl (C=O) groups is 3. The Kier molecular flexibility index (Phi) is 8.34. The van der Waals surface area contributed by atoms with Gasteiger partial charge in [-0.15, -0.1) is 13.2 Å². The molecule has 8 nitrogen and oxygen atoms in total. The smallest absolute Gasteiger partial charge is 0.253 e. The van der Waals surface area contributed by atoms with Crippen molar-refractivity contribution in [3.63, 3.8) is 0 Å². The first-order valence-electron chi connectivity index (χ1n) is 14.5. The maximum atomic E-state index is 14.6. The van der Waals surface area contributed by atoms with Crippen molar-refractivity contribution in [1.82, 2.24) is 4.90 Å². The molecular formula is C33H38ClN3O5. The van der Waals surface area contributed by atoms with Crippen molar-refractivity contribution >= 4 is 40.7 Å². The molecule has 3 heterocycles. The first kappa shape index (κ1) is 30.0. The minimum atomic E-state index is -1.23. The number of amides is 3. The van der Waals surface area contributed by atoms with Gasteiger partial charge < -0.3 is 24.5 Å². The van der Waals surface area contributed by atoms with E-state index in [9.17, 15) is 19.5 Å². The fraction of sp³-hybridized carbons (Fsp3) is 0.424. The van der Waals surface area contributed by atoms with Gasteiger partial charge in [-0.1, -0.05) is 48.9 Å². The Morgan fingerprint density at radius 2 is 1.64 bits per heavy atom. The molecule has 42 heavy (non-hydrogen) atoms. The zero-order valence-electron chi connectivity index (χ0n) is 24.1. The molecule has 1 N–H and O–H groups in total. The fourth-order valence-corrected chi connectivity index (χ4v) is 7.45. The largest absolute Gasteiger partial charge is 0.394 e. The number of nitrogens with zero attached hydrogens (tertiary/aromatic N) is 3. The molecule has 0 aliphatic carbocycles. The van der Waals surface area contributed by atoms with E-state index in [-0.39, 0.29) is 37.4 Å². The van der Waals surface area contributed by atoms with Crippen LogP contribution >= 0.6 is 11.6 Å². The molecule has 222 valence electrons. The van der Waals surface area contributed by atoms with Crippen LogP contribution in [0.1, 0.15) is 33.1 Å². The average Bonchev–Trinajstić information content (AvgIpc) is 3.62. The number of para-hydroxylation sites is 1. The van der Waals surface area contributed by atoms with Crippen molar-refractivity contribution < 1.29 is 24.2 Å². The van der Waals surface area contributed by atoms with Crippen molar-refractivity contribution in [2.75, 3.05) is 29.5 Å². The van der Waals surface area contributed by atoms with Gasteiger partial charge in [0.2, 0.25) is 11.8 Å². The normalized spacial score (nSPS) is 28.3. The molecule has 3 aliphatic rings. The lowest BCUT2D eigenvalue weighted by molar-refractivity contribution is -0.149. The van der Waals surface area contributed by atoms with Crippen LogP contribution in [0.5, 0.6) is 0 Å². The van der Waals surface area contributed by atoms with Gasteiger partial charge >= 0.3 is 0 Å². The molecule has 1 spiro atoms. The zero-order valence-corrected chi connectivity index (χ0v) is 24.9. The summed E-state index contributed by atoms with van der Waals surface area (Å²) in [7, 11) is 0. The summed E-state index contributed by atoms with van der Waals surface area (Å²) >= 11 is 6.13. The number of carbonyl (C=O) groups excluding carboxylic acids is 3. The number of benzene rings is 2. The van der Waals surface area contributed by atoms with Gasteiger partial charge in [-0.05, 0) is 62.6 Å². The van der Waals surface area contributed by atoms with Crippen LogP contribution in [0.25, 0.3) is 0 Å². The summed E-state index contributed by atoms with van der Waals surface area (Å²) < 4.78 is 6.92. The van der Waals surface area contributed by atoms with Gasteiger partial charge in [0.05, 0.1) is 30.1 Å². The molecule has 9 heteroatoms. The summed E-state index contributed by atoms with van der Waals surface area (Å²) in [5.41, 5.74) is -0.831. The molecule has 2 aromatic rings. The van der Waals surface area contributed by atoms with E-state index in [4.69, 9.17) is 16.3 Å². The van der Waals surface area contributed by atoms with Gasteiger partial charge in [0.1, 0.15) is 11.6 Å². The van der Waals surface area contributed by atoms with Gasteiger partial charge in [-0.25, -0.2) is 0 Å². The second-order valence-corrected chi connectivity index (χ2v) is 11.8. The van der Waals surface area contributed by atoms with Crippen LogP contribution < -0.4 is 9.80 Å². The number of hydrogen-bond donors (Lipinski definition) is 1. The average molecular weight is 592 g/mol. The van der Waals surface area contributed by atoms with Crippen LogP contribution in [0.4, 0.5) is 11.4 Å². The Hall–Kier alpha value is -3.46. The first-order chi connectivity index (χ1) is 20.2. The third-order valence-corrected chi connectivity index (χ3v) is 9.47. The van der Waals surface area contributed by atoms with Gasteiger partial charge in [-0.3, -0.25) is 14.4 Å². The quantitative estimate of drug-likeness (QED) is 0.385. The van der Waals surface area contributed by atoms with E-state index in [1.165, 1.54) is 4.90 Å². The van der Waals surface area contributed by atoms with Crippen molar-refractivity contribution in [2.24, 2.45) is 11.8 Å². The minimum Gasteiger partial charge on any atom is -0.394 e. The molecule has 6 atom stereocenters. The molecule has 3 aliphatic heterocycles. The topological polar surface area (TPSA) is 90.4 Å². The van der Waals surface area contributed by atoms with Crippen LogP contribution in [0.2, 0.25) is 5.02 Å². The molecule has 2 aromatic carbocycles. The maximum absolute atomic E-state index is 14.6. The molecule has 0 aromatic heterocycles. The highest BCUT2D eigenvalue weighted by Gasteiger charge is 2.79. The summed E-state index contributed by atoms with van der Waals surface area (Å²) in [5, 5.41) is 10.8. The number of rotatable bonds is 11. The van der Waals surface area contributed by atoms with Crippen molar-refractivity contribution in [3.05, 3.63) is 84.9 Å². The van der Waals surface area contributed by atoms with E-state index >= 15 is 0 Å². The summed E-state index contributed by atoms with van der Waals surface area (Å²) in [6, 6.07) is 14.5. The van der Waals surface area contributed by atoms with Crippen LogP contribution in [0.15, 0.2) is 79.9 Å². The number of likely N-dealkylation sites (tertiary alicyclic amines) is 1. The summed E-state index contributed by atoms with van der Waals surface area (Å²) in [5.74, 6) is -2.61. The molecule has 3 saturated heterocycles. The molecular weight excluding hydrogens is 554 g/mol. The Balaban J connectivity index is 1.63. The molecule has 2 unspecified atom stereocenters. The number of ether oxygens (including phenoxy) is 1. The number of hydrogen-bond acceptors (Lipinski definition) is 5. The lowest BCUT2D eigenvalue weighted by Crippen LogP contribution is -2.58. The Labute approximate surface area is 252 Å². The van der Waals surface area contributed by atoms with Gasteiger partial charge in [0.15, 0.2) is 0 Å². The van der Waals surface area contributed by atoms with E-state index in [2.05, 4.69) is 13.2 Å². The van der Waals surface area contributed by atoms with Gasteiger partial charge in [0, 0.05) is 29.5 Å². The highest BCUT2D eigenvalue weighted by molar-refractivity contribution is 6.30. The summed E-state index contributed by atoms with van der Waals surface area (Å²) in [4.78, 5) is 48.3. The SMILES string of the molecule is C=CCN(C(=O)C1N([C@H](C)CO)C(=O)[C@@H]2[C@H](C(=O)N(CC=C)c3ccccc3)[C@]3(CC)CCC12O3)c1ccc(Cl)cc1. The molecule has 0 radical (unpaired) electrons. The van der Waals surface area contributed by atoms with Crippen LogP contribution in [-0.4, -0.2) is 70.7 Å². The van der Waals surface area contributed by atoms with E-state index in [0.717, 1.165) is 0 Å². The highest BCUT2D eigenvalue weighted by Crippen LogP contribution is 2.65. The van der Waals surface area contributed by atoms with Gasteiger partial charge in [-0.2, -0.15) is 0 Å². The van der Waals surface area contributed by atoms with Crippen LogP contribution in [0, 0.1) is 11.8 Å². The number of halogens is 1. The predicted octanol–water partition coefficient (Wildman–Crippen LogP) is 4.61. The van der Waals surface area contributed by atoms with Crippen molar-refractivity contribution in [1.29, 1.82) is 0 Å². The standard InChI is InChI=1S/C33H38ClN3O5/c1-5-19-35(24-11-9-8-10-12-24)29(39)26-27-30(40)37(22(4)21-38)28(33(27)18-17-32(26,7-3)42-33)31(41)36(20-6-2)25-15-13-23(34)14-16-25/h5-6,8-16,22,26-28,38H,1-2,7,17-21H2,3-4H3/t22-,26-,27+,28?,32+,33?/m1/s1. The molecule has 0 saturated carbocycles. The Bertz CT molecular complexity index is 1370. The fourth-order valence-electron chi connectivity index (χ4n) is 7.32. The third-order valence-electron chi connectivity index (χ3n) is 9.22. The van der Waals surface area contributed by atoms with Crippen LogP contribution in [0.3, 0.4) is 0 Å². The van der Waals surface area contributed by atoms with E-state index in [1.807, 2.05) is 37.3 Å². The lowest BCUT2D eigenvalue weighted by atomic mass is 9.64.